The van der Waals surface area contributed by atoms with E-state index < -0.39 is 11.9 Å². The normalized spacial score (nSPS) is 10.1. The Morgan fingerprint density at radius 2 is 1.75 bits per heavy atom. The number of pyridine rings is 1. The van der Waals surface area contributed by atoms with E-state index in [-0.39, 0.29) is 11.1 Å². The molecule has 0 saturated heterocycles. The minimum atomic E-state index is -1.07. The number of aryl methyl sites for hydroxylation is 1. The van der Waals surface area contributed by atoms with Crippen molar-refractivity contribution in [3.8, 4) is 0 Å². The highest BCUT2D eigenvalue weighted by molar-refractivity contribution is 5.90. The number of rotatable bonds is 4. The van der Waals surface area contributed by atoms with Gasteiger partial charge in [-0.05, 0) is 30.7 Å². The third-order valence-electron chi connectivity index (χ3n) is 2.75. The maximum atomic E-state index is 10.9. The van der Waals surface area contributed by atoms with E-state index in [0.29, 0.717) is 11.4 Å². The average Bonchev–Trinajstić information content (AvgIpc) is 2.41. The Morgan fingerprint density at radius 3 is 2.40 bits per heavy atom. The lowest BCUT2D eigenvalue weighted by Crippen LogP contribution is -2.02. The van der Waals surface area contributed by atoms with Gasteiger partial charge in [0.1, 0.15) is 0 Å². The summed E-state index contributed by atoms with van der Waals surface area (Å²) < 4.78 is 0. The highest BCUT2D eigenvalue weighted by Gasteiger charge is 2.08. The standard InChI is InChI=1S/C14H12N2O4/c1-8-2-3-9(13(17)18)5-12(8)16-11-4-10(14(19)20)6-15-7-11/h2-7,16H,1H3,(H,17,18)(H,19,20). The van der Waals surface area contributed by atoms with Crippen LogP contribution in [0.1, 0.15) is 26.3 Å². The van der Waals surface area contributed by atoms with Gasteiger partial charge < -0.3 is 15.5 Å². The van der Waals surface area contributed by atoms with Crippen LogP contribution in [0.4, 0.5) is 11.4 Å². The summed E-state index contributed by atoms with van der Waals surface area (Å²) in [5, 5.41) is 20.8. The van der Waals surface area contributed by atoms with Gasteiger partial charge in [0.25, 0.3) is 0 Å². The minimum absolute atomic E-state index is 0.0574. The van der Waals surface area contributed by atoms with Crippen LogP contribution < -0.4 is 5.32 Å². The Bertz CT molecular complexity index is 683. The largest absolute Gasteiger partial charge is 0.478 e. The van der Waals surface area contributed by atoms with Gasteiger partial charge in [-0.2, -0.15) is 0 Å². The van der Waals surface area contributed by atoms with Crippen LogP contribution >= 0.6 is 0 Å². The molecule has 0 aliphatic carbocycles. The van der Waals surface area contributed by atoms with Crippen LogP contribution in [-0.4, -0.2) is 27.1 Å². The van der Waals surface area contributed by atoms with Gasteiger partial charge in [-0.1, -0.05) is 6.07 Å². The molecule has 0 atom stereocenters. The lowest BCUT2D eigenvalue weighted by molar-refractivity contribution is 0.0686. The van der Waals surface area contributed by atoms with Crippen LogP contribution in [0.2, 0.25) is 0 Å². The maximum absolute atomic E-state index is 10.9. The lowest BCUT2D eigenvalue weighted by Gasteiger charge is -2.10. The van der Waals surface area contributed by atoms with Crippen molar-refractivity contribution in [2.45, 2.75) is 6.92 Å². The fourth-order valence-corrected chi connectivity index (χ4v) is 1.67. The van der Waals surface area contributed by atoms with E-state index in [1.54, 1.807) is 6.07 Å². The van der Waals surface area contributed by atoms with E-state index in [2.05, 4.69) is 10.3 Å². The molecule has 6 nitrogen and oxygen atoms in total. The van der Waals surface area contributed by atoms with Gasteiger partial charge in [0.15, 0.2) is 0 Å². The summed E-state index contributed by atoms with van der Waals surface area (Å²) >= 11 is 0. The number of aromatic carboxylic acids is 2. The number of hydrogen-bond donors (Lipinski definition) is 3. The molecule has 0 aliphatic rings. The number of nitrogens with zero attached hydrogens (tertiary/aromatic N) is 1. The average molecular weight is 272 g/mol. The Kier molecular flexibility index (Phi) is 3.65. The van der Waals surface area contributed by atoms with Crippen molar-refractivity contribution < 1.29 is 19.8 Å². The van der Waals surface area contributed by atoms with E-state index in [9.17, 15) is 9.59 Å². The van der Waals surface area contributed by atoms with E-state index in [0.717, 1.165) is 5.56 Å². The molecule has 1 aromatic carbocycles. The molecule has 0 saturated carbocycles. The molecule has 3 N–H and O–H groups in total. The smallest absolute Gasteiger partial charge is 0.337 e. The predicted octanol–water partition coefficient (Wildman–Crippen LogP) is 2.53. The van der Waals surface area contributed by atoms with Crippen molar-refractivity contribution in [1.82, 2.24) is 4.98 Å². The van der Waals surface area contributed by atoms with Crippen LogP contribution in [0, 0.1) is 6.92 Å². The zero-order valence-corrected chi connectivity index (χ0v) is 10.6. The van der Waals surface area contributed by atoms with Crippen molar-refractivity contribution in [3.63, 3.8) is 0 Å². The van der Waals surface area contributed by atoms with Crippen LogP contribution in [0.5, 0.6) is 0 Å². The zero-order valence-electron chi connectivity index (χ0n) is 10.6. The van der Waals surface area contributed by atoms with Crippen molar-refractivity contribution >= 4 is 23.3 Å². The SMILES string of the molecule is Cc1ccc(C(=O)O)cc1Nc1cncc(C(=O)O)c1. The molecule has 6 heteroatoms. The van der Waals surface area contributed by atoms with Gasteiger partial charge in [0.05, 0.1) is 23.0 Å². The Hall–Kier alpha value is -2.89. The fourth-order valence-electron chi connectivity index (χ4n) is 1.67. The van der Waals surface area contributed by atoms with E-state index in [1.807, 2.05) is 6.92 Å². The molecule has 0 bridgehead atoms. The molecule has 0 spiro atoms. The first-order valence-corrected chi connectivity index (χ1v) is 5.76. The van der Waals surface area contributed by atoms with Crippen LogP contribution in [0.25, 0.3) is 0 Å². The molecule has 0 unspecified atom stereocenters. The van der Waals surface area contributed by atoms with Crippen LogP contribution in [0.15, 0.2) is 36.7 Å². The van der Waals surface area contributed by atoms with Crippen molar-refractivity contribution in [2.75, 3.05) is 5.32 Å². The number of aromatic nitrogens is 1. The number of hydrogen-bond acceptors (Lipinski definition) is 4. The first-order chi connectivity index (χ1) is 9.47. The third kappa shape index (κ3) is 2.92. The number of anilines is 2. The summed E-state index contributed by atoms with van der Waals surface area (Å²) in [6, 6.07) is 6.11. The van der Waals surface area contributed by atoms with Gasteiger partial charge in [-0.25, -0.2) is 9.59 Å². The molecule has 0 aliphatic heterocycles. The van der Waals surface area contributed by atoms with Gasteiger partial charge in [-0.3, -0.25) is 4.98 Å². The summed E-state index contributed by atoms with van der Waals surface area (Å²) in [6.07, 6.45) is 2.72. The number of carboxylic acid groups (broad SMARTS) is 2. The molecule has 2 aromatic rings. The van der Waals surface area contributed by atoms with Crippen LogP contribution in [0.3, 0.4) is 0 Å². The van der Waals surface area contributed by atoms with Crippen molar-refractivity contribution in [3.05, 3.63) is 53.3 Å². The van der Waals surface area contributed by atoms with Crippen LogP contribution in [-0.2, 0) is 0 Å². The topological polar surface area (TPSA) is 99.5 Å². The molecule has 102 valence electrons. The minimum Gasteiger partial charge on any atom is -0.478 e. The maximum Gasteiger partial charge on any atom is 0.337 e. The molecular weight excluding hydrogens is 260 g/mol. The molecular formula is C14H12N2O4. The van der Waals surface area contributed by atoms with Gasteiger partial charge in [0.2, 0.25) is 0 Å². The summed E-state index contributed by atoms with van der Waals surface area (Å²) in [6.45, 7) is 1.82. The number of nitrogens with one attached hydrogen (secondary N) is 1. The third-order valence-corrected chi connectivity index (χ3v) is 2.75. The number of benzene rings is 1. The quantitative estimate of drug-likeness (QED) is 0.790. The number of carboxylic acids is 2. The van der Waals surface area contributed by atoms with E-state index in [4.69, 9.17) is 10.2 Å². The fraction of sp³-hybridized carbons (Fsp3) is 0.0714. The van der Waals surface area contributed by atoms with Crippen molar-refractivity contribution in [2.24, 2.45) is 0 Å². The Morgan fingerprint density at radius 1 is 1.05 bits per heavy atom. The first kappa shape index (κ1) is 13.5. The Labute approximate surface area is 114 Å². The summed E-state index contributed by atoms with van der Waals surface area (Å²) in [4.78, 5) is 25.6. The van der Waals surface area contributed by atoms with Gasteiger partial charge in [0, 0.05) is 11.9 Å². The first-order valence-electron chi connectivity index (χ1n) is 5.76. The predicted molar refractivity (Wildman–Crippen MR) is 72.6 cm³/mol. The second-order valence-electron chi connectivity index (χ2n) is 4.23. The van der Waals surface area contributed by atoms with Gasteiger partial charge >= 0.3 is 11.9 Å². The highest BCUT2D eigenvalue weighted by atomic mass is 16.4. The van der Waals surface area contributed by atoms with E-state index >= 15 is 0 Å². The monoisotopic (exact) mass is 272 g/mol. The molecule has 20 heavy (non-hydrogen) atoms. The highest BCUT2D eigenvalue weighted by Crippen LogP contribution is 2.22. The Balaban J connectivity index is 2.34. The second kappa shape index (κ2) is 5.40. The summed E-state index contributed by atoms with van der Waals surface area (Å²) in [5.74, 6) is -2.09. The molecule has 1 aromatic heterocycles. The molecule has 2 rings (SSSR count). The second-order valence-corrected chi connectivity index (χ2v) is 4.23. The molecule has 0 amide bonds. The zero-order chi connectivity index (χ0) is 14.7. The summed E-state index contributed by atoms with van der Waals surface area (Å²) in [5.41, 5.74) is 2.13. The van der Waals surface area contributed by atoms with Gasteiger partial charge in [-0.15, -0.1) is 0 Å². The lowest BCUT2D eigenvalue weighted by atomic mass is 10.1. The molecule has 1 heterocycles. The molecule has 0 radical (unpaired) electrons. The number of carbonyl (C=O) groups is 2. The summed E-state index contributed by atoms with van der Waals surface area (Å²) in [7, 11) is 0. The van der Waals surface area contributed by atoms with E-state index in [1.165, 1.54) is 30.6 Å². The molecule has 0 fully saturated rings. The van der Waals surface area contributed by atoms with Crippen molar-refractivity contribution in [1.29, 1.82) is 0 Å².